The van der Waals surface area contributed by atoms with Crippen molar-refractivity contribution in [1.82, 2.24) is 10.3 Å². The molecule has 0 bridgehead atoms. The number of nitrogens with one attached hydrogen (secondary N) is 1. The lowest BCUT2D eigenvalue weighted by Crippen LogP contribution is -2.33. The molecule has 1 aromatic heterocycles. The summed E-state index contributed by atoms with van der Waals surface area (Å²) in [5.41, 5.74) is 6.02. The van der Waals surface area contributed by atoms with Crippen molar-refractivity contribution < 1.29 is 14.3 Å². The van der Waals surface area contributed by atoms with E-state index in [1.54, 1.807) is 13.1 Å². The van der Waals surface area contributed by atoms with E-state index in [2.05, 4.69) is 40.6 Å². The second-order valence-electron chi connectivity index (χ2n) is 7.11. The fourth-order valence-electron chi connectivity index (χ4n) is 3.72. The summed E-state index contributed by atoms with van der Waals surface area (Å²) < 4.78 is 4.76. The third-order valence-electron chi connectivity index (χ3n) is 4.96. The maximum absolute atomic E-state index is 11.4. The quantitative estimate of drug-likeness (QED) is 0.536. The first kappa shape index (κ1) is 19.8. The minimum atomic E-state index is 0.0209. The minimum Gasteiger partial charge on any atom is -0.468 e. The van der Waals surface area contributed by atoms with Gasteiger partial charge in [0.05, 0.1) is 6.61 Å². The van der Waals surface area contributed by atoms with Crippen molar-refractivity contribution in [2.24, 2.45) is 0 Å². The molecule has 1 aliphatic rings. The highest BCUT2D eigenvalue weighted by molar-refractivity contribution is 5.80. The lowest BCUT2D eigenvalue weighted by Gasteiger charge is -2.11. The number of carbonyl (C=O) groups excluding carboxylic acids is 2. The van der Waals surface area contributed by atoms with Gasteiger partial charge in [-0.05, 0) is 60.4 Å². The summed E-state index contributed by atoms with van der Waals surface area (Å²) in [5.74, 6) is 0.0209. The third kappa shape index (κ3) is 5.28. The Balaban J connectivity index is 1.78. The zero-order valence-corrected chi connectivity index (χ0v) is 16.2. The van der Waals surface area contributed by atoms with Gasteiger partial charge < -0.3 is 10.1 Å². The van der Waals surface area contributed by atoms with Crippen molar-refractivity contribution in [3.05, 3.63) is 71.1 Å². The summed E-state index contributed by atoms with van der Waals surface area (Å²) in [5, 5.41) is 3.03. The van der Waals surface area contributed by atoms with E-state index in [1.807, 2.05) is 12.3 Å². The molecule has 1 amide bonds. The first-order valence-electron chi connectivity index (χ1n) is 9.72. The minimum absolute atomic E-state index is 0.0209. The number of aromatic nitrogens is 1. The average molecular weight is 378 g/mol. The summed E-state index contributed by atoms with van der Waals surface area (Å²) in [6, 6.07) is 10.8. The summed E-state index contributed by atoms with van der Waals surface area (Å²) in [6.07, 6.45) is 10.3. The van der Waals surface area contributed by atoms with E-state index in [4.69, 9.17) is 4.74 Å². The van der Waals surface area contributed by atoms with Crippen LogP contribution in [0.5, 0.6) is 0 Å². The summed E-state index contributed by atoms with van der Waals surface area (Å²) in [6.45, 7) is 2.52. The molecule has 5 heteroatoms. The first-order chi connectivity index (χ1) is 13.7. The number of allylic oxidation sites excluding steroid dienone is 1. The van der Waals surface area contributed by atoms with Crippen LogP contribution in [0.2, 0.25) is 0 Å². The monoisotopic (exact) mass is 378 g/mol. The van der Waals surface area contributed by atoms with E-state index < -0.39 is 0 Å². The molecule has 5 nitrogen and oxygen atoms in total. The van der Waals surface area contributed by atoms with Crippen LogP contribution >= 0.6 is 0 Å². The summed E-state index contributed by atoms with van der Waals surface area (Å²) >= 11 is 0. The van der Waals surface area contributed by atoms with Gasteiger partial charge in [0.2, 0.25) is 5.91 Å². The Kier molecular flexibility index (Phi) is 6.95. The van der Waals surface area contributed by atoms with E-state index in [9.17, 15) is 9.59 Å². The Morgan fingerprint density at radius 3 is 2.82 bits per heavy atom. The topological polar surface area (TPSA) is 68.3 Å². The van der Waals surface area contributed by atoms with Gasteiger partial charge in [0.1, 0.15) is 0 Å². The maximum Gasteiger partial charge on any atom is 0.293 e. The normalized spacial score (nSPS) is 15.8. The largest absolute Gasteiger partial charge is 0.468 e. The van der Waals surface area contributed by atoms with Crippen molar-refractivity contribution >= 4 is 18.0 Å². The molecule has 1 atom stereocenters. The molecule has 1 heterocycles. The highest BCUT2D eigenvalue weighted by atomic mass is 16.5. The van der Waals surface area contributed by atoms with Crippen LogP contribution in [0.15, 0.2) is 48.8 Å². The molecule has 28 heavy (non-hydrogen) atoms. The van der Waals surface area contributed by atoms with Gasteiger partial charge in [-0.3, -0.25) is 14.6 Å². The Morgan fingerprint density at radius 1 is 1.21 bits per heavy atom. The molecular weight excluding hydrogens is 352 g/mol. The predicted molar refractivity (Wildman–Crippen MR) is 109 cm³/mol. The highest BCUT2D eigenvalue weighted by Gasteiger charge is 2.22. The van der Waals surface area contributed by atoms with Crippen LogP contribution in [0.3, 0.4) is 0 Å². The van der Waals surface area contributed by atoms with Gasteiger partial charge in [0.15, 0.2) is 0 Å². The third-order valence-corrected chi connectivity index (χ3v) is 4.96. The molecular formula is C23H26N2O3. The van der Waals surface area contributed by atoms with Gasteiger partial charge in [-0.1, -0.05) is 30.3 Å². The number of amides is 1. The number of carbonyl (C=O) groups is 2. The molecule has 1 aliphatic carbocycles. The number of hydrogen-bond donors (Lipinski definition) is 1. The summed E-state index contributed by atoms with van der Waals surface area (Å²) in [4.78, 5) is 25.9. The summed E-state index contributed by atoms with van der Waals surface area (Å²) in [7, 11) is 0. The van der Waals surface area contributed by atoms with E-state index in [0.717, 1.165) is 43.2 Å². The number of rotatable bonds is 9. The van der Waals surface area contributed by atoms with Crippen LogP contribution in [0, 0.1) is 0 Å². The standard InChI is InChI=1S/C23H26N2O3/c1-17(27)25-22-13-18-8-9-19(12-21(18)14-22)23(20-6-5-10-24-15-20)7-3-2-4-11-28-16-26/h5-10,12,15-16,22H,2-4,11,13-14H2,1H3,(H,25,27). The molecule has 0 radical (unpaired) electrons. The van der Waals surface area contributed by atoms with E-state index in [-0.39, 0.29) is 11.9 Å². The van der Waals surface area contributed by atoms with Crippen molar-refractivity contribution in [3.8, 4) is 0 Å². The molecule has 0 aliphatic heterocycles. The van der Waals surface area contributed by atoms with Crippen molar-refractivity contribution in [1.29, 1.82) is 0 Å². The Labute approximate surface area is 165 Å². The van der Waals surface area contributed by atoms with Crippen LogP contribution in [-0.2, 0) is 27.2 Å². The van der Waals surface area contributed by atoms with Crippen molar-refractivity contribution in [3.63, 3.8) is 0 Å². The van der Waals surface area contributed by atoms with E-state index in [1.165, 1.54) is 16.7 Å². The van der Waals surface area contributed by atoms with E-state index in [0.29, 0.717) is 13.1 Å². The zero-order chi connectivity index (χ0) is 19.8. The Bertz CT molecular complexity index is 846. The van der Waals surface area contributed by atoms with Gasteiger partial charge in [-0.25, -0.2) is 0 Å². The first-order valence-corrected chi connectivity index (χ1v) is 9.72. The second kappa shape index (κ2) is 9.83. The maximum atomic E-state index is 11.4. The van der Waals surface area contributed by atoms with Gasteiger partial charge in [-0.2, -0.15) is 0 Å². The van der Waals surface area contributed by atoms with Gasteiger partial charge in [-0.15, -0.1) is 0 Å². The van der Waals surface area contributed by atoms with Crippen LogP contribution in [-0.4, -0.2) is 30.0 Å². The molecule has 1 aromatic carbocycles. The Hall–Kier alpha value is -2.95. The molecule has 0 fully saturated rings. The number of benzene rings is 1. The molecule has 0 saturated heterocycles. The average Bonchev–Trinajstić information content (AvgIpc) is 3.08. The smallest absolute Gasteiger partial charge is 0.293 e. The molecule has 3 rings (SSSR count). The van der Waals surface area contributed by atoms with Crippen molar-refractivity contribution in [2.75, 3.05) is 6.61 Å². The van der Waals surface area contributed by atoms with E-state index >= 15 is 0 Å². The molecule has 146 valence electrons. The number of hydrogen-bond acceptors (Lipinski definition) is 4. The lowest BCUT2D eigenvalue weighted by molar-refractivity contribution is -0.128. The van der Waals surface area contributed by atoms with Gasteiger partial charge in [0, 0.05) is 30.9 Å². The molecule has 1 unspecified atom stereocenters. The van der Waals surface area contributed by atoms with Crippen LogP contribution in [0.4, 0.5) is 0 Å². The van der Waals surface area contributed by atoms with Crippen molar-refractivity contribution in [2.45, 2.75) is 45.1 Å². The van der Waals surface area contributed by atoms with Crippen LogP contribution in [0.1, 0.15) is 48.4 Å². The predicted octanol–water partition coefficient (Wildman–Crippen LogP) is 3.46. The van der Waals surface area contributed by atoms with Gasteiger partial charge in [0.25, 0.3) is 6.47 Å². The number of pyridine rings is 1. The Morgan fingerprint density at radius 2 is 2.07 bits per heavy atom. The molecule has 0 saturated carbocycles. The lowest BCUT2D eigenvalue weighted by atomic mass is 9.95. The number of unbranched alkanes of at least 4 members (excludes halogenated alkanes) is 2. The van der Waals surface area contributed by atoms with Crippen LogP contribution < -0.4 is 5.32 Å². The molecule has 2 aromatic rings. The fraction of sp³-hybridized carbons (Fsp3) is 0.348. The second-order valence-corrected chi connectivity index (χ2v) is 7.11. The number of ether oxygens (including phenoxy) is 1. The molecule has 1 N–H and O–H groups in total. The fourth-order valence-corrected chi connectivity index (χ4v) is 3.72. The zero-order valence-electron chi connectivity index (χ0n) is 16.2. The molecule has 0 spiro atoms. The highest BCUT2D eigenvalue weighted by Crippen LogP contribution is 2.30. The number of fused-ring (bicyclic) bond motifs is 1. The van der Waals surface area contributed by atoms with Crippen LogP contribution in [0.25, 0.3) is 5.57 Å². The number of nitrogens with zero attached hydrogens (tertiary/aromatic N) is 1. The van der Waals surface area contributed by atoms with Gasteiger partial charge >= 0.3 is 0 Å². The SMILES string of the molecule is CC(=O)NC1Cc2ccc(C(=CCCCCOC=O)c3cccnc3)cc2C1.